The average Bonchev–Trinajstić information content (AvgIpc) is 3.28. The number of esters is 5. The van der Waals surface area contributed by atoms with Gasteiger partial charge in [0, 0.05) is 18.9 Å². The lowest BCUT2D eigenvalue weighted by atomic mass is 10.1. The van der Waals surface area contributed by atoms with Crippen LogP contribution < -0.4 is 18.9 Å². The number of rotatable bonds is 34. The van der Waals surface area contributed by atoms with Gasteiger partial charge in [-0.05, 0) is 124 Å². The maximum atomic E-state index is 12.7. The first-order valence-electron chi connectivity index (χ1n) is 22.4. The largest absolute Gasteiger partial charge is 0.494 e. The van der Waals surface area contributed by atoms with Crippen LogP contribution in [0.25, 0.3) is 0 Å². The molecule has 0 amide bonds. The van der Waals surface area contributed by atoms with E-state index in [1.165, 1.54) is 6.08 Å². The van der Waals surface area contributed by atoms with Crippen LogP contribution in [0.3, 0.4) is 0 Å². The van der Waals surface area contributed by atoms with Gasteiger partial charge >= 0.3 is 29.8 Å². The van der Waals surface area contributed by atoms with Gasteiger partial charge in [-0.3, -0.25) is 9.59 Å². The summed E-state index contributed by atoms with van der Waals surface area (Å²) in [5, 5.41) is 0. The highest BCUT2D eigenvalue weighted by molar-refractivity contribution is 5.92. The number of hydrogen-bond donors (Lipinski definition) is 0. The smallest absolute Gasteiger partial charge is 0.343 e. The van der Waals surface area contributed by atoms with Crippen LogP contribution in [0.1, 0.15) is 150 Å². The molecule has 0 heterocycles. The van der Waals surface area contributed by atoms with Gasteiger partial charge < -0.3 is 33.2 Å². The minimum absolute atomic E-state index is 0.142. The molecular weight excluding hydrogens is 793 g/mol. The van der Waals surface area contributed by atoms with Gasteiger partial charge in [0.15, 0.2) is 0 Å². The zero-order chi connectivity index (χ0) is 44.5. The van der Waals surface area contributed by atoms with Crippen LogP contribution in [-0.2, 0) is 28.6 Å². The molecule has 12 heteroatoms. The molecule has 3 aromatic carbocycles. The Bertz CT molecular complexity index is 1730. The monoisotopic (exact) mass is 858 g/mol. The van der Waals surface area contributed by atoms with Crippen molar-refractivity contribution in [2.75, 3.05) is 33.0 Å². The first-order chi connectivity index (χ1) is 30.3. The van der Waals surface area contributed by atoms with Crippen LogP contribution in [0, 0.1) is 0 Å². The van der Waals surface area contributed by atoms with Gasteiger partial charge in [0.2, 0.25) is 0 Å². The highest BCUT2D eigenvalue weighted by Crippen LogP contribution is 2.22. The molecule has 0 bridgehead atoms. The highest BCUT2D eigenvalue weighted by atomic mass is 16.6. The summed E-state index contributed by atoms with van der Waals surface area (Å²) in [4.78, 5) is 59.9. The lowest BCUT2D eigenvalue weighted by Crippen LogP contribution is -2.09. The minimum Gasteiger partial charge on any atom is -0.494 e. The fourth-order valence-corrected chi connectivity index (χ4v) is 6.10. The van der Waals surface area contributed by atoms with Crippen LogP contribution in [0.15, 0.2) is 85.5 Å². The van der Waals surface area contributed by atoms with Crippen LogP contribution in [0.5, 0.6) is 23.0 Å². The van der Waals surface area contributed by atoms with Crippen molar-refractivity contribution >= 4 is 29.8 Å². The zero-order valence-electron chi connectivity index (χ0n) is 36.6. The molecule has 0 aliphatic carbocycles. The number of hydrogen-bond acceptors (Lipinski definition) is 12. The molecule has 0 N–H and O–H groups in total. The number of benzene rings is 3. The predicted molar refractivity (Wildman–Crippen MR) is 237 cm³/mol. The van der Waals surface area contributed by atoms with Gasteiger partial charge in [0.05, 0.1) is 44.2 Å². The quantitative estimate of drug-likeness (QED) is 0.0185. The Balaban J connectivity index is 1.18. The van der Waals surface area contributed by atoms with Crippen molar-refractivity contribution < 1.29 is 57.1 Å². The predicted octanol–water partition coefficient (Wildman–Crippen LogP) is 11.1. The van der Waals surface area contributed by atoms with Crippen molar-refractivity contribution in [1.29, 1.82) is 0 Å². The first kappa shape index (κ1) is 50.7. The fourth-order valence-electron chi connectivity index (χ4n) is 6.10. The third kappa shape index (κ3) is 23.4. The summed E-state index contributed by atoms with van der Waals surface area (Å²) in [6.45, 7) is 7.86. The lowest BCUT2D eigenvalue weighted by molar-refractivity contribution is -0.145. The van der Waals surface area contributed by atoms with E-state index in [2.05, 4.69) is 6.58 Å². The summed E-state index contributed by atoms with van der Waals surface area (Å²) >= 11 is 0. The average molecular weight is 859 g/mol. The van der Waals surface area contributed by atoms with Gasteiger partial charge in [-0.2, -0.15) is 0 Å². The summed E-state index contributed by atoms with van der Waals surface area (Å²) in [6.07, 6.45) is 18.1. The van der Waals surface area contributed by atoms with Crippen molar-refractivity contribution in [3.05, 3.63) is 96.6 Å². The van der Waals surface area contributed by atoms with E-state index in [1.54, 1.807) is 72.8 Å². The van der Waals surface area contributed by atoms with Gasteiger partial charge in [-0.15, -0.1) is 0 Å². The number of ether oxygens (including phenoxy) is 7. The van der Waals surface area contributed by atoms with Crippen LogP contribution in [0.4, 0.5) is 0 Å². The summed E-state index contributed by atoms with van der Waals surface area (Å²) in [6, 6.07) is 19.8. The Labute approximate surface area is 367 Å². The van der Waals surface area contributed by atoms with Gasteiger partial charge in [0.25, 0.3) is 0 Å². The molecule has 0 saturated carbocycles. The van der Waals surface area contributed by atoms with E-state index < -0.39 is 11.9 Å². The number of unbranched alkanes of at least 4 members (excludes halogenated alkanes) is 13. The normalized spacial score (nSPS) is 10.7. The summed E-state index contributed by atoms with van der Waals surface area (Å²) < 4.78 is 38.1. The van der Waals surface area contributed by atoms with E-state index in [-0.39, 0.29) is 17.9 Å². The Kier molecular flexibility index (Phi) is 26.3. The van der Waals surface area contributed by atoms with E-state index in [9.17, 15) is 24.0 Å². The molecule has 12 nitrogen and oxygen atoms in total. The van der Waals surface area contributed by atoms with Crippen LogP contribution in [0.2, 0.25) is 0 Å². The summed E-state index contributed by atoms with van der Waals surface area (Å²) in [5.41, 5.74) is 0.753. The SMILES string of the molecule is C=CC(=O)OCCCCCCCCOc1ccc(C(=O)Oc2ccc(OC(=O)c3ccc(OCCCCCCCCOC(=O)CCCCCOC(=O)CCCC)cc3)cc2)cc1. The lowest BCUT2D eigenvalue weighted by Gasteiger charge is -2.09. The summed E-state index contributed by atoms with van der Waals surface area (Å²) in [5.74, 6) is 0.238. The molecular formula is C50H66O12. The molecule has 0 unspecified atom stereocenters. The molecule has 0 aliphatic heterocycles. The van der Waals surface area contributed by atoms with Crippen molar-refractivity contribution in [1.82, 2.24) is 0 Å². The van der Waals surface area contributed by atoms with E-state index in [1.807, 2.05) is 6.92 Å². The molecule has 0 saturated heterocycles. The van der Waals surface area contributed by atoms with Gasteiger partial charge in [-0.25, -0.2) is 14.4 Å². The molecule has 3 aromatic rings. The number of carbonyl (C=O) groups excluding carboxylic acids is 5. The molecule has 0 fully saturated rings. The van der Waals surface area contributed by atoms with Gasteiger partial charge in [-0.1, -0.05) is 71.3 Å². The van der Waals surface area contributed by atoms with Gasteiger partial charge in [0.1, 0.15) is 23.0 Å². The maximum Gasteiger partial charge on any atom is 0.343 e. The second-order valence-electron chi connectivity index (χ2n) is 15.0. The molecule has 0 atom stereocenters. The third-order valence-corrected chi connectivity index (χ3v) is 9.74. The van der Waals surface area contributed by atoms with Crippen LogP contribution in [-0.4, -0.2) is 62.9 Å². The minimum atomic E-state index is -0.520. The Morgan fingerprint density at radius 1 is 0.419 bits per heavy atom. The topological polar surface area (TPSA) is 150 Å². The van der Waals surface area contributed by atoms with Crippen molar-refractivity contribution in [2.24, 2.45) is 0 Å². The Morgan fingerprint density at radius 3 is 1.16 bits per heavy atom. The molecule has 338 valence electrons. The van der Waals surface area contributed by atoms with E-state index in [0.29, 0.717) is 80.0 Å². The Hall–Kier alpha value is -5.65. The number of carbonyl (C=O) groups is 5. The second kappa shape index (κ2) is 32.1. The van der Waals surface area contributed by atoms with E-state index in [0.717, 1.165) is 109 Å². The summed E-state index contributed by atoms with van der Waals surface area (Å²) in [7, 11) is 0. The fraction of sp³-hybridized carbons (Fsp3) is 0.500. The molecule has 0 radical (unpaired) electrons. The zero-order valence-corrected chi connectivity index (χ0v) is 36.6. The molecule has 0 spiro atoms. The molecule has 62 heavy (non-hydrogen) atoms. The van der Waals surface area contributed by atoms with Crippen molar-refractivity contribution in [3.8, 4) is 23.0 Å². The second-order valence-corrected chi connectivity index (χ2v) is 15.0. The standard InChI is InChI=1S/C50H66O12/c1-3-5-21-47(52)59-39-20-14-15-22-48(53)60-38-19-13-9-7-11-17-36-57-43-29-25-41(26-30-43)50(55)62-45-33-31-44(32-34-45)61-49(54)40-23-27-42(28-24-40)56-35-16-10-6-8-12-18-37-58-46(51)4-2/h4,23-34H,2-3,5-22,35-39H2,1H3. The molecule has 0 aromatic heterocycles. The molecule has 3 rings (SSSR count). The van der Waals surface area contributed by atoms with Crippen molar-refractivity contribution in [2.45, 2.75) is 129 Å². The first-order valence-corrected chi connectivity index (χ1v) is 22.4. The van der Waals surface area contributed by atoms with E-state index >= 15 is 0 Å². The van der Waals surface area contributed by atoms with Crippen molar-refractivity contribution in [3.63, 3.8) is 0 Å². The van der Waals surface area contributed by atoms with Crippen LogP contribution >= 0.6 is 0 Å². The third-order valence-electron chi connectivity index (χ3n) is 9.74. The Morgan fingerprint density at radius 2 is 0.758 bits per heavy atom. The highest BCUT2D eigenvalue weighted by Gasteiger charge is 2.12. The maximum absolute atomic E-state index is 12.7. The van der Waals surface area contributed by atoms with E-state index in [4.69, 9.17) is 33.2 Å². The molecule has 0 aliphatic rings.